The van der Waals surface area contributed by atoms with Gasteiger partial charge < -0.3 is 15.4 Å². The molecule has 0 spiro atoms. The van der Waals surface area contributed by atoms with Crippen LogP contribution < -0.4 is 15.4 Å². The highest BCUT2D eigenvalue weighted by atomic mass is 35.5. The number of aryl methyl sites for hydroxylation is 1. The molecule has 0 fully saturated rings. The van der Waals surface area contributed by atoms with Crippen molar-refractivity contribution in [1.82, 2.24) is 0 Å². The van der Waals surface area contributed by atoms with Crippen molar-refractivity contribution in [3.63, 3.8) is 0 Å². The van der Waals surface area contributed by atoms with E-state index in [0.29, 0.717) is 22.1 Å². The van der Waals surface area contributed by atoms with Gasteiger partial charge in [-0.05, 0) is 61.9 Å². The van der Waals surface area contributed by atoms with E-state index in [4.69, 9.17) is 16.3 Å². The molecule has 0 aromatic heterocycles. The maximum atomic E-state index is 12.2. The first-order valence-electron chi connectivity index (χ1n) is 7.46. The maximum Gasteiger partial charge on any atom is 0.265 e. The number of halogens is 1. The number of amides is 2. The maximum absolute atomic E-state index is 12.2. The Hall–Kier alpha value is -2.53. The fourth-order valence-corrected chi connectivity index (χ4v) is 2.30. The SMILES string of the molecule is CC(=O)Nc1ccc(NC(=O)[C@@H](C)Oc2ccc(Cl)cc2C)cc1. The van der Waals surface area contributed by atoms with Gasteiger partial charge in [0.1, 0.15) is 5.75 Å². The lowest BCUT2D eigenvalue weighted by Crippen LogP contribution is -2.30. The Bertz CT molecular complexity index is 744. The quantitative estimate of drug-likeness (QED) is 0.859. The zero-order valence-corrected chi connectivity index (χ0v) is 14.5. The molecule has 126 valence electrons. The lowest BCUT2D eigenvalue weighted by molar-refractivity contribution is -0.122. The summed E-state index contributed by atoms with van der Waals surface area (Å²) in [5, 5.41) is 6.06. The molecule has 24 heavy (non-hydrogen) atoms. The van der Waals surface area contributed by atoms with Gasteiger partial charge in [-0.1, -0.05) is 11.6 Å². The van der Waals surface area contributed by atoms with Crippen LogP contribution in [0.1, 0.15) is 19.4 Å². The van der Waals surface area contributed by atoms with Gasteiger partial charge in [-0.25, -0.2) is 0 Å². The summed E-state index contributed by atoms with van der Waals surface area (Å²) in [6, 6.07) is 12.1. The standard InChI is InChI=1S/C18H19ClN2O3/c1-11-10-14(19)4-9-17(11)24-12(2)18(23)21-16-7-5-15(6-8-16)20-13(3)22/h4-10,12H,1-3H3,(H,20,22)(H,21,23)/t12-/m1/s1. The predicted molar refractivity (Wildman–Crippen MR) is 95.7 cm³/mol. The van der Waals surface area contributed by atoms with Crippen molar-refractivity contribution < 1.29 is 14.3 Å². The first-order valence-corrected chi connectivity index (χ1v) is 7.84. The number of anilines is 2. The van der Waals surface area contributed by atoms with Crippen molar-refractivity contribution >= 4 is 34.8 Å². The van der Waals surface area contributed by atoms with Crippen LogP contribution in [0.2, 0.25) is 5.02 Å². The molecule has 0 heterocycles. The number of carbonyl (C=O) groups excluding carboxylic acids is 2. The first kappa shape index (κ1) is 17.8. The van der Waals surface area contributed by atoms with E-state index in [1.807, 2.05) is 6.92 Å². The molecule has 2 aromatic rings. The average Bonchev–Trinajstić information content (AvgIpc) is 2.51. The summed E-state index contributed by atoms with van der Waals surface area (Å²) in [7, 11) is 0. The number of benzene rings is 2. The molecule has 2 amide bonds. The fourth-order valence-electron chi connectivity index (χ4n) is 2.07. The molecule has 0 unspecified atom stereocenters. The van der Waals surface area contributed by atoms with Crippen molar-refractivity contribution in [1.29, 1.82) is 0 Å². The van der Waals surface area contributed by atoms with Crippen LogP contribution in [0, 0.1) is 6.92 Å². The van der Waals surface area contributed by atoms with Gasteiger partial charge in [0.15, 0.2) is 6.10 Å². The molecule has 0 saturated carbocycles. The van der Waals surface area contributed by atoms with Gasteiger partial charge in [0.05, 0.1) is 0 Å². The number of nitrogens with one attached hydrogen (secondary N) is 2. The highest BCUT2D eigenvalue weighted by Crippen LogP contribution is 2.23. The predicted octanol–water partition coefficient (Wildman–Crippen LogP) is 4.01. The highest BCUT2D eigenvalue weighted by Gasteiger charge is 2.16. The Labute approximate surface area is 146 Å². The molecule has 2 rings (SSSR count). The van der Waals surface area contributed by atoms with Crippen LogP contribution in [-0.2, 0) is 9.59 Å². The van der Waals surface area contributed by atoms with Crippen LogP contribution in [0.3, 0.4) is 0 Å². The van der Waals surface area contributed by atoms with Crippen LogP contribution in [-0.4, -0.2) is 17.9 Å². The molecule has 0 aliphatic rings. The third-order valence-electron chi connectivity index (χ3n) is 3.28. The van der Waals surface area contributed by atoms with Gasteiger partial charge in [0, 0.05) is 23.3 Å². The monoisotopic (exact) mass is 346 g/mol. The van der Waals surface area contributed by atoms with Crippen molar-refractivity contribution in [2.45, 2.75) is 26.9 Å². The molecule has 5 nitrogen and oxygen atoms in total. The fraction of sp³-hybridized carbons (Fsp3) is 0.222. The number of ether oxygens (including phenoxy) is 1. The second-order valence-corrected chi connectivity index (χ2v) is 5.85. The summed E-state index contributed by atoms with van der Waals surface area (Å²) in [6.07, 6.45) is -0.667. The lowest BCUT2D eigenvalue weighted by Gasteiger charge is -2.16. The smallest absolute Gasteiger partial charge is 0.265 e. The zero-order valence-electron chi connectivity index (χ0n) is 13.7. The van der Waals surface area contributed by atoms with Gasteiger partial charge in [-0.3, -0.25) is 9.59 Å². The van der Waals surface area contributed by atoms with Gasteiger partial charge in [-0.2, -0.15) is 0 Å². The van der Waals surface area contributed by atoms with Crippen LogP contribution in [0.25, 0.3) is 0 Å². The first-order chi connectivity index (χ1) is 11.3. The zero-order chi connectivity index (χ0) is 17.7. The molecule has 0 bridgehead atoms. The highest BCUT2D eigenvalue weighted by molar-refractivity contribution is 6.30. The Morgan fingerprint density at radius 3 is 2.17 bits per heavy atom. The van der Waals surface area contributed by atoms with Crippen molar-refractivity contribution in [2.75, 3.05) is 10.6 Å². The largest absolute Gasteiger partial charge is 0.481 e. The Kier molecular flexibility index (Phi) is 5.82. The molecule has 2 N–H and O–H groups in total. The van der Waals surface area contributed by atoms with Crippen LogP contribution in [0.4, 0.5) is 11.4 Å². The molecular weight excluding hydrogens is 328 g/mol. The minimum atomic E-state index is -0.667. The molecule has 0 radical (unpaired) electrons. The molecule has 1 atom stereocenters. The summed E-state index contributed by atoms with van der Waals surface area (Å²) < 4.78 is 5.68. The van der Waals surface area contributed by atoms with Crippen molar-refractivity contribution in [3.8, 4) is 5.75 Å². The minimum Gasteiger partial charge on any atom is -0.481 e. The van der Waals surface area contributed by atoms with E-state index >= 15 is 0 Å². The number of rotatable bonds is 5. The van der Waals surface area contributed by atoms with Gasteiger partial charge in [-0.15, -0.1) is 0 Å². The van der Waals surface area contributed by atoms with Crippen molar-refractivity contribution in [3.05, 3.63) is 53.1 Å². The summed E-state index contributed by atoms with van der Waals surface area (Å²) in [4.78, 5) is 23.2. The van der Waals surface area contributed by atoms with Crippen molar-refractivity contribution in [2.24, 2.45) is 0 Å². The number of hydrogen-bond donors (Lipinski definition) is 2. The topological polar surface area (TPSA) is 67.4 Å². The van der Waals surface area contributed by atoms with Gasteiger partial charge in [0.25, 0.3) is 5.91 Å². The average molecular weight is 347 g/mol. The second kappa shape index (κ2) is 7.84. The summed E-state index contributed by atoms with van der Waals surface area (Å²) in [6.45, 7) is 4.98. The Morgan fingerprint density at radius 2 is 1.62 bits per heavy atom. The normalized spacial score (nSPS) is 11.5. The summed E-state index contributed by atoms with van der Waals surface area (Å²) in [5.74, 6) is 0.201. The number of hydrogen-bond acceptors (Lipinski definition) is 3. The van der Waals surface area contributed by atoms with E-state index in [9.17, 15) is 9.59 Å². The molecule has 0 saturated heterocycles. The minimum absolute atomic E-state index is 0.146. The van der Waals surface area contributed by atoms with E-state index in [0.717, 1.165) is 5.56 Å². The Balaban J connectivity index is 1.97. The molecule has 0 aliphatic carbocycles. The van der Waals surface area contributed by atoms with E-state index in [1.54, 1.807) is 49.4 Å². The molecular formula is C18H19ClN2O3. The van der Waals surface area contributed by atoms with Crippen LogP contribution >= 0.6 is 11.6 Å². The third-order valence-corrected chi connectivity index (χ3v) is 3.52. The van der Waals surface area contributed by atoms with E-state index < -0.39 is 6.10 Å². The van der Waals surface area contributed by atoms with Crippen LogP contribution in [0.5, 0.6) is 5.75 Å². The summed E-state index contributed by atoms with van der Waals surface area (Å²) >= 11 is 5.91. The molecule has 6 heteroatoms. The van der Waals surface area contributed by atoms with Crippen LogP contribution in [0.15, 0.2) is 42.5 Å². The second-order valence-electron chi connectivity index (χ2n) is 5.42. The molecule has 2 aromatic carbocycles. The van der Waals surface area contributed by atoms with E-state index in [2.05, 4.69) is 10.6 Å². The van der Waals surface area contributed by atoms with Gasteiger partial charge in [0.2, 0.25) is 5.91 Å². The van der Waals surface area contributed by atoms with E-state index in [1.165, 1.54) is 6.92 Å². The van der Waals surface area contributed by atoms with E-state index in [-0.39, 0.29) is 11.8 Å². The lowest BCUT2D eigenvalue weighted by atomic mass is 10.2. The summed E-state index contributed by atoms with van der Waals surface area (Å²) in [5.41, 5.74) is 2.15. The van der Waals surface area contributed by atoms with Gasteiger partial charge >= 0.3 is 0 Å². The number of carbonyl (C=O) groups is 2. The molecule has 0 aliphatic heterocycles. The third kappa shape index (κ3) is 4.99. The Morgan fingerprint density at radius 1 is 1.04 bits per heavy atom.